The molecule has 0 aliphatic heterocycles. The Labute approximate surface area is 126 Å². The topological polar surface area (TPSA) is 46.2 Å². The predicted molar refractivity (Wildman–Crippen MR) is 81.7 cm³/mol. The van der Waals surface area contributed by atoms with Crippen LogP contribution >= 0.6 is 0 Å². The van der Waals surface area contributed by atoms with Gasteiger partial charge in [-0.15, -0.1) is 0 Å². The molecule has 0 radical (unpaired) electrons. The maximum atomic E-state index is 5.98. The van der Waals surface area contributed by atoms with Crippen molar-refractivity contribution in [3.63, 3.8) is 0 Å². The van der Waals surface area contributed by atoms with Crippen molar-refractivity contribution in [2.24, 2.45) is 7.05 Å². The first-order valence-corrected chi connectivity index (χ1v) is 7.58. The molecular formula is C16H24N4O. The molecular weight excluding hydrogens is 264 g/mol. The fourth-order valence-corrected chi connectivity index (χ4v) is 2.48. The maximum absolute atomic E-state index is 5.98. The second-order valence-electron chi connectivity index (χ2n) is 6.10. The standard InChI is InChI=1S/C16H24N4O/c1-12-8-14(21-15(12)9-18-13-4-5-13)10-19(2)11-16-17-6-7-20(16)3/h6-8,13,18H,4-5,9-11H2,1-3H3. The Kier molecular flexibility index (Phi) is 4.12. The largest absolute Gasteiger partial charge is 0.463 e. The lowest BCUT2D eigenvalue weighted by atomic mass is 10.2. The minimum Gasteiger partial charge on any atom is -0.463 e. The van der Waals surface area contributed by atoms with E-state index in [0.29, 0.717) is 6.04 Å². The van der Waals surface area contributed by atoms with Gasteiger partial charge < -0.3 is 14.3 Å². The van der Waals surface area contributed by atoms with Crippen LogP contribution in [0.15, 0.2) is 22.9 Å². The van der Waals surface area contributed by atoms with E-state index in [4.69, 9.17) is 4.42 Å². The van der Waals surface area contributed by atoms with E-state index in [9.17, 15) is 0 Å². The number of aryl methyl sites for hydroxylation is 2. The number of rotatable bonds is 7. The number of aromatic nitrogens is 2. The lowest BCUT2D eigenvalue weighted by Gasteiger charge is -2.14. The van der Waals surface area contributed by atoms with Gasteiger partial charge >= 0.3 is 0 Å². The van der Waals surface area contributed by atoms with Crippen LogP contribution in [0.2, 0.25) is 0 Å². The van der Waals surface area contributed by atoms with Crippen molar-refractivity contribution in [3.8, 4) is 0 Å². The molecule has 0 aromatic carbocycles. The number of nitrogens with zero attached hydrogens (tertiary/aromatic N) is 3. The van der Waals surface area contributed by atoms with Crippen molar-refractivity contribution >= 4 is 0 Å². The first-order chi connectivity index (χ1) is 10.1. The molecule has 5 nitrogen and oxygen atoms in total. The zero-order valence-electron chi connectivity index (χ0n) is 13.1. The summed E-state index contributed by atoms with van der Waals surface area (Å²) in [7, 11) is 4.11. The van der Waals surface area contributed by atoms with Crippen LogP contribution in [0.1, 0.15) is 35.7 Å². The number of imidazole rings is 1. The van der Waals surface area contributed by atoms with Gasteiger partial charge in [0.25, 0.3) is 0 Å². The summed E-state index contributed by atoms with van der Waals surface area (Å²) in [6.45, 7) is 4.59. The molecule has 1 N–H and O–H groups in total. The Hall–Kier alpha value is -1.59. The minimum atomic E-state index is 0.712. The summed E-state index contributed by atoms with van der Waals surface area (Å²) >= 11 is 0. The quantitative estimate of drug-likeness (QED) is 0.848. The van der Waals surface area contributed by atoms with Crippen molar-refractivity contribution < 1.29 is 4.42 Å². The highest BCUT2D eigenvalue weighted by molar-refractivity contribution is 5.20. The van der Waals surface area contributed by atoms with Crippen LogP contribution in [0.4, 0.5) is 0 Å². The summed E-state index contributed by atoms with van der Waals surface area (Å²) in [5.74, 6) is 3.16. The summed E-state index contributed by atoms with van der Waals surface area (Å²) in [5, 5.41) is 3.50. The Morgan fingerprint density at radius 2 is 2.24 bits per heavy atom. The zero-order chi connectivity index (χ0) is 14.8. The van der Waals surface area contributed by atoms with Crippen molar-refractivity contribution in [3.05, 3.63) is 41.4 Å². The van der Waals surface area contributed by atoms with Crippen LogP contribution in [0, 0.1) is 6.92 Å². The van der Waals surface area contributed by atoms with E-state index in [1.807, 2.05) is 19.4 Å². The molecule has 2 aromatic heterocycles. The minimum absolute atomic E-state index is 0.712. The van der Waals surface area contributed by atoms with Crippen molar-refractivity contribution in [1.82, 2.24) is 19.8 Å². The second-order valence-corrected chi connectivity index (χ2v) is 6.10. The molecule has 0 unspecified atom stereocenters. The number of hydrogen-bond acceptors (Lipinski definition) is 4. The molecule has 0 saturated heterocycles. The van der Waals surface area contributed by atoms with Crippen molar-refractivity contribution in [2.45, 2.75) is 45.4 Å². The number of hydrogen-bond donors (Lipinski definition) is 1. The third-order valence-corrected chi connectivity index (χ3v) is 3.96. The highest BCUT2D eigenvalue weighted by atomic mass is 16.3. The molecule has 0 amide bonds. The molecule has 21 heavy (non-hydrogen) atoms. The van der Waals surface area contributed by atoms with E-state index in [-0.39, 0.29) is 0 Å². The van der Waals surface area contributed by atoms with Gasteiger partial charge in [-0.2, -0.15) is 0 Å². The summed E-state index contributed by atoms with van der Waals surface area (Å²) in [6, 6.07) is 2.86. The molecule has 2 heterocycles. The first-order valence-electron chi connectivity index (χ1n) is 7.58. The molecule has 0 bridgehead atoms. The highest BCUT2D eigenvalue weighted by Crippen LogP contribution is 2.21. The number of furan rings is 1. The van der Waals surface area contributed by atoms with Gasteiger partial charge in [-0.1, -0.05) is 0 Å². The van der Waals surface area contributed by atoms with E-state index in [1.54, 1.807) is 0 Å². The molecule has 0 spiro atoms. The van der Waals surface area contributed by atoms with Crippen LogP contribution in [-0.4, -0.2) is 27.5 Å². The summed E-state index contributed by atoms with van der Waals surface area (Å²) < 4.78 is 8.03. The normalized spacial score (nSPS) is 15.0. The van der Waals surface area contributed by atoms with Gasteiger partial charge in [0.15, 0.2) is 0 Å². The van der Waals surface area contributed by atoms with Crippen LogP contribution in [0.5, 0.6) is 0 Å². The third-order valence-electron chi connectivity index (χ3n) is 3.96. The smallest absolute Gasteiger partial charge is 0.122 e. The van der Waals surface area contributed by atoms with E-state index < -0.39 is 0 Å². The Bertz CT molecular complexity index is 597. The van der Waals surface area contributed by atoms with E-state index in [2.05, 4.69) is 39.8 Å². The van der Waals surface area contributed by atoms with Crippen molar-refractivity contribution in [2.75, 3.05) is 7.05 Å². The van der Waals surface area contributed by atoms with Crippen LogP contribution < -0.4 is 5.32 Å². The lowest BCUT2D eigenvalue weighted by Crippen LogP contribution is -2.19. The average Bonchev–Trinajstić information content (AvgIpc) is 3.09. The fourth-order valence-electron chi connectivity index (χ4n) is 2.48. The first kappa shape index (κ1) is 14.4. The van der Waals surface area contributed by atoms with Gasteiger partial charge in [0.1, 0.15) is 17.3 Å². The molecule has 1 aliphatic carbocycles. The van der Waals surface area contributed by atoms with Crippen molar-refractivity contribution in [1.29, 1.82) is 0 Å². The van der Waals surface area contributed by atoms with Crippen LogP contribution in [-0.2, 0) is 26.7 Å². The molecule has 1 aliphatic rings. The van der Waals surface area contributed by atoms with E-state index in [0.717, 1.165) is 37.0 Å². The summed E-state index contributed by atoms with van der Waals surface area (Å²) in [6.07, 6.45) is 6.42. The molecule has 0 atom stereocenters. The molecule has 1 saturated carbocycles. The molecule has 1 fully saturated rings. The molecule has 5 heteroatoms. The predicted octanol–water partition coefficient (Wildman–Crippen LogP) is 2.21. The van der Waals surface area contributed by atoms with Gasteiger partial charge in [-0.25, -0.2) is 4.98 Å². The SMILES string of the molecule is Cc1cc(CN(C)Cc2nccn2C)oc1CNC1CC1. The fraction of sp³-hybridized carbons (Fsp3) is 0.562. The molecule has 2 aromatic rings. The Morgan fingerprint density at radius 1 is 1.43 bits per heavy atom. The highest BCUT2D eigenvalue weighted by Gasteiger charge is 2.21. The monoisotopic (exact) mass is 288 g/mol. The molecule has 3 rings (SSSR count). The maximum Gasteiger partial charge on any atom is 0.122 e. The van der Waals surface area contributed by atoms with Gasteiger partial charge in [0.05, 0.1) is 19.6 Å². The Morgan fingerprint density at radius 3 is 2.90 bits per heavy atom. The zero-order valence-corrected chi connectivity index (χ0v) is 13.1. The van der Waals surface area contributed by atoms with Gasteiger partial charge in [-0.05, 0) is 38.4 Å². The van der Waals surface area contributed by atoms with Gasteiger partial charge in [0, 0.05) is 25.5 Å². The average molecular weight is 288 g/mol. The van der Waals surface area contributed by atoms with Gasteiger partial charge in [-0.3, -0.25) is 4.90 Å². The van der Waals surface area contributed by atoms with Crippen LogP contribution in [0.3, 0.4) is 0 Å². The second kappa shape index (κ2) is 6.03. The van der Waals surface area contributed by atoms with Crippen LogP contribution in [0.25, 0.3) is 0 Å². The summed E-state index contributed by atoms with van der Waals surface area (Å²) in [4.78, 5) is 6.58. The summed E-state index contributed by atoms with van der Waals surface area (Å²) in [5.41, 5.74) is 1.24. The number of nitrogens with one attached hydrogen (secondary N) is 1. The van der Waals surface area contributed by atoms with Gasteiger partial charge in [0.2, 0.25) is 0 Å². The van der Waals surface area contributed by atoms with E-state index >= 15 is 0 Å². The lowest BCUT2D eigenvalue weighted by molar-refractivity contribution is 0.274. The molecule has 114 valence electrons. The van der Waals surface area contributed by atoms with E-state index in [1.165, 1.54) is 18.4 Å². The third kappa shape index (κ3) is 3.74. The Balaban J connectivity index is 1.56.